The predicted octanol–water partition coefficient (Wildman–Crippen LogP) is 1.78. The summed E-state index contributed by atoms with van der Waals surface area (Å²) < 4.78 is 17.0. The highest BCUT2D eigenvalue weighted by molar-refractivity contribution is 5.56. The van der Waals surface area contributed by atoms with Gasteiger partial charge in [-0.3, -0.25) is 0 Å². The molecule has 1 aromatic carbocycles. The van der Waals surface area contributed by atoms with E-state index in [1.807, 2.05) is 25.3 Å². The maximum atomic E-state index is 5.81. The van der Waals surface area contributed by atoms with Crippen LogP contribution in [0.2, 0.25) is 0 Å². The zero-order valence-corrected chi connectivity index (χ0v) is 10.7. The van der Waals surface area contributed by atoms with Crippen LogP contribution >= 0.6 is 0 Å². The Morgan fingerprint density at radius 1 is 1.39 bits per heavy atom. The van der Waals surface area contributed by atoms with Gasteiger partial charge < -0.3 is 19.5 Å². The molecule has 2 rings (SSSR count). The normalized spacial score (nSPS) is 13.2. The minimum absolute atomic E-state index is 0.562. The third-order valence-corrected chi connectivity index (χ3v) is 2.71. The molecule has 4 nitrogen and oxygen atoms in total. The van der Waals surface area contributed by atoms with Crippen LogP contribution < -0.4 is 19.5 Å². The Morgan fingerprint density at radius 2 is 2.22 bits per heavy atom. The fourth-order valence-corrected chi connectivity index (χ4v) is 1.86. The molecule has 1 aliphatic rings. The summed E-state index contributed by atoms with van der Waals surface area (Å²) in [7, 11) is 1.90. The molecule has 0 aromatic heterocycles. The van der Waals surface area contributed by atoms with Gasteiger partial charge in [0, 0.05) is 12.1 Å². The lowest BCUT2D eigenvalue weighted by molar-refractivity contribution is 0.161. The van der Waals surface area contributed by atoms with Crippen LogP contribution in [0.4, 0.5) is 0 Å². The van der Waals surface area contributed by atoms with Crippen molar-refractivity contribution in [1.82, 2.24) is 5.32 Å². The van der Waals surface area contributed by atoms with Crippen LogP contribution in [0.3, 0.4) is 0 Å². The van der Waals surface area contributed by atoms with Gasteiger partial charge in [-0.2, -0.15) is 0 Å². The lowest BCUT2D eigenvalue weighted by Gasteiger charge is -2.22. The Bertz CT molecular complexity index is 418. The average molecular weight is 249 g/mol. The van der Waals surface area contributed by atoms with Crippen molar-refractivity contribution in [2.45, 2.75) is 6.42 Å². The molecule has 0 radical (unpaired) electrons. The lowest BCUT2D eigenvalue weighted by atomic mass is 10.1. The Labute approximate surface area is 108 Å². The van der Waals surface area contributed by atoms with E-state index in [0.717, 1.165) is 35.8 Å². The minimum Gasteiger partial charge on any atom is -0.488 e. The first-order chi connectivity index (χ1) is 8.86. The summed E-state index contributed by atoms with van der Waals surface area (Å²) in [6, 6.07) is 3.93. The van der Waals surface area contributed by atoms with Gasteiger partial charge >= 0.3 is 0 Å². The third-order valence-electron chi connectivity index (χ3n) is 2.71. The second-order valence-corrected chi connectivity index (χ2v) is 4.02. The first-order valence-corrected chi connectivity index (χ1v) is 6.16. The van der Waals surface area contributed by atoms with Gasteiger partial charge in [0.25, 0.3) is 0 Å². The number of rotatable bonds is 6. The number of benzene rings is 1. The predicted molar refractivity (Wildman–Crippen MR) is 70.8 cm³/mol. The first kappa shape index (κ1) is 12.8. The molecule has 0 saturated carbocycles. The molecule has 0 bridgehead atoms. The van der Waals surface area contributed by atoms with E-state index < -0.39 is 0 Å². The Morgan fingerprint density at radius 3 is 3.00 bits per heavy atom. The smallest absolute Gasteiger partial charge is 0.204 e. The Kier molecular flexibility index (Phi) is 4.47. The molecule has 0 amide bonds. The molecule has 0 unspecified atom stereocenters. The fourth-order valence-electron chi connectivity index (χ4n) is 1.86. The van der Waals surface area contributed by atoms with Crippen LogP contribution in [0, 0.1) is 0 Å². The molecule has 0 atom stereocenters. The van der Waals surface area contributed by atoms with Gasteiger partial charge in [-0.05, 0) is 19.5 Å². The van der Waals surface area contributed by atoms with E-state index in [4.69, 9.17) is 14.2 Å². The molecular weight excluding hydrogens is 230 g/mol. The van der Waals surface area contributed by atoms with Gasteiger partial charge in [-0.1, -0.05) is 12.1 Å². The summed E-state index contributed by atoms with van der Waals surface area (Å²) in [5, 5.41) is 3.05. The highest BCUT2D eigenvalue weighted by Crippen LogP contribution is 2.42. The fraction of sp³-hybridized carbons (Fsp3) is 0.429. The van der Waals surface area contributed by atoms with Gasteiger partial charge in [0.05, 0.1) is 0 Å². The van der Waals surface area contributed by atoms with E-state index in [-0.39, 0.29) is 0 Å². The van der Waals surface area contributed by atoms with Crippen molar-refractivity contribution < 1.29 is 14.2 Å². The number of likely N-dealkylation sites (N-methyl/N-ethyl adjacent to an activating group) is 1. The van der Waals surface area contributed by atoms with E-state index in [9.17, 15) is 0 Å². The largest absolute Gasteiger partial charge is 0.488 e. The maximum absolute atomic E-state index is 5.81. The summed E-state index contributed by atoms with van der Waals surface area (Å²) >= 11 is 0. The molecule has 1 aromatic rings. The van der Waals surface area contributed by atoms with E-state index in [0.29, 0.717) is 19.8 Å². The Balaban J connectivity index is 2.27. The summed E-state index contributed by atoms with van der Waals surface area (Å²) in [4.78, 5) is 0. The molecular formula is C14H19NO3. The Hall–Kier alpha value is -1.68. The lowest BCUT2D eigenvalue weighted by Crippen LogP contribution is -2.19. The number of hydrogen-bond acceptors (Lipinski definition) is 4. The topological polar surface area (TPSA) is 39.7 Å². The van der Waals surface area contributed by atoms with Crippen LogP contribution in [0.5, 0.6) is 17.2 Å². The molecule has 0 aliphatic carbocycles. The monoisotopic (exact) mass is 249 g/mol. The average Bonchev–Trinajstić information content (AvgIpc) is 2.41. The van der Waals surface area contributed by atoms with Crippen molar-refractivity contribution in [2.75, 3.05) is 33.4 Å². The SMILES string of the molecule is C=CCc1ccc2c(c1OCCNC)OCCO2. The van der Waals surface area contributed by atoms with Gasteiger partial charge in [0.15, 0.2) is 11.5 Å². The quantitative estimate of drug-likeness (QED) is 0.616. The van der Waals surface area contributed by atoms with Crippen molar-refractivity contribution in [2.24, 2.45) is 0 Å². The number of ether oxygens (including phenoxy) is 3. The van der Waals surface area contributed by atoms with Crippen molar-refractivity contribution in [3.05, 3.63) is 30.4 Å². The van der Waals surface area contributed by atoms with Crippen LogP contribution in [-0.2, 0) is 6.42 Å². The molecule has 18 heavy (non-hydrogen) atoms. The van der Waals surface area contributed by atoms with Crippen LogP contribution in [0.25, 0.3) is 0 Å². The van der Waals surface area contributed by atoms with Gasteiger partial charge in [0.1, 0.15) is 19.8 Å². The molecule has 4 heteroatoms. The van der Waals surface area contributed by atoms with Crippen molar-refractivity contribution in [1.29, 1.82) is 0 Å². The second-order valence-electron chi connectivity index (χ2n) is 4.02. The summed E-state index contributed by atoms with van der Waals surface area (Å²) in [6.07, 6.45) is 2.61. The molecule has 0 fully saturated rings. The summed E-state index contributed by atoms with van der Waals surface area (Å²) in [5.41, 5.74) is 1.07. The molecule has 98 valence electrons. The molecule has 0 spiro atoms. The summed E-state index contributed by atoms with van der Waals surface area (Å²) in [5.74, 6) is 2.26. The van der Waals surface area contributed by atoms with Gasteiger partial charge in [-0.25, -0.2) is 0 Å². The number of hydrogen-bond donors (Lipinski definition) is 1. The van der Waals surface area contributed by atoms with Crippen LogP contribution in [0.15, 0.2) is 24.8 Å². The first-order valence-electron chi connectivity index (χ1n) is 6.16. The van der Waals surface area contributed by atoms with Crippen LogP contribution in [-0.4, -0.2) is 33.4 Å². The van der Waals surface area contributed by atoms with Gasteiger partial charge in [-0.15, -0.1) is 6.58 Å². The molecule has 1 aliphatic heterocycles. The second kappa shape index (κ2) is 6.31. The van der Waals surface area contributed by atoms with E-state index in [1.54, 1.807) is 0 Å². The number of fused-ring (bicyclic) bond motifs is 1. The van der Waals surface area contributed by atoms with E-state index >= 15 is 0 Å². The molecule has 1 heterocycles. The summed E-state index contributed by atoms with van der Waals surface area (Å²) in [6.45, 7) is 6.30. The third kappa shape index (κ3) is 2.76. The number of nitrogens with one attached hydrogen (secondary N) is 1. The standard InChI is InChI=1S/C14H19NO3/c1-3-4-11-5-6-12-14(18-10-9-16-12)13(11)17-8-7-15-2/h3,5-6,15H,1,4,7-10H2,2H3. The molecule has 0 saturated heterocycles. The van der Waals surface area contributed by atoms with E-state index in [2.05, 4.69) is 11.9 Å². The maximum Gasteiger partial charge on any atom is 0.204 e. The zero-order valence-electron chi connectivity index (χ0n) is 10.7. The van der Waals surface area contributed by atoms with Crippen molar-refractivity contribution in [3.8, 4) is 17.2 Å². The van der Waals surface area contributed by atoms with Crippen LogP contribution in [0.1, 0.15) is 5.56 Å². The highest BCUT2D eigenvalue weighted by Gasteiger charge is 2.20. The van der Waals surface area contributed by atoms with Crippen molar-refractivity contribution >= 4 is 0 Å². The van der Waals surface area contributed by atoms with Gasteiger partial charge in [0.2, 0.25) is 5.75 Å². The minimum atomic E-state index is 0.562. The highest BCUT2D eigenvalue weighted by atomic mass is 16.6. The number of allylic oxidation sites excluding steroid dienone is 1. The zero-order chi connectivity index (χ0) is 12.8. The van der Waals surface area contributed by atoms with E-state index in [1.165, 1.54) is 0 Å². The van der Waals surface area contributed by atoms with Crippen molar-refractivity contribution in [3.63, 3.8) is 0 Å². The molecule has 1 N–H and O–H groups in total.